The highest BCUT2D eigenvalue weighted by Gasteiger charge is 2.06. The standard InChI is InChI=1S/C9H7ClN2O/c10-7-3-1-6(2-4-7)9-8(11)5-12-13-9/h1-5H,11H2. The molecule has 0 spiro atoms. The Morgan fingerprint density at radius 2 is 1.92 bits per heavy atom. The van der Waals surface area contributed by atoms with Crippen LogP contribution < -0.4 is 5.73 Å². The van der Waals surface area contributed by atoms with E-state index in [0.29, 0.717) is 16.5 Å². The zero-order chi connectivity index (χ0) is 9.26. The van der Waals surface area contributed by atoms with Crippen LogP contribution in [0.25, 0.3) is 11.3 Å². The molecule has 0 amide bonds. The molecule has 0 radical (unpaired) electrons. The lowest BCUT2D eigenvalue weighted by molar-refractivity contribution is 0.432. The predicted octanol–water partition coefficient (Wildman–Crippen LogP) is 2.58. The Morgan fingerprint density at radius 1 is 1.23 bits per heavy atom. The number of hydrogen-bond donors (Lipinski definition) is 1. The Bertz CT molecular complexity index is 408. The molecule has 0 saturated heterocycles. The minimum Gasteiger partial charge on any atom is -0.394 e. The average molecular weight is 195 g/mol. The van der Waals surface area contributed by atoms with E-state index in [9.17, 15) is 0 Å². The van der Waals surface area contributed by atoms with Gasteiger partial charge in [-0.15, -0.1) is 0 Å². The van der Waals surface area contributed by atoms with Crippen molar-refractivity contribution in [1.82, 2.24) is 5.16 Å². The molecule has 0 unspecified atom stereocenters. The van der Waals surface area contributed by atoms with Gasteiger partial charge in [-0.2, -0.15) is 0 Å². The summed E-state index contributed by atoms with van der Waals surface area (Å²) in [7, 11) is 0. The van der Waals surface area contributed by atoms with Crippen LogP contribution >= 0.6 is 11.6 Å². The van der Waals surface area contributed by atoms with Crippen molar-refractivity contribution in [1.29, 1.82) is 0 Å². The summed E-state index contributed by atoms with van der Waals surface area (Å²) in [6.07, 6.45) is 1.48. The van der Waals surface area contributed by atoms with Crippen LogP contribution in [-0.4, -0.2) is 5.16 Å². The fraction of sp³-hybridized carbons (Fsp3) is 0. The lowest BCUT2D eigenvalue weighted by atomic mass is 10.1. The van der Waals surface area contributed by atoms with Crippen molar-refractivity contribution < 1.29 is 4.52 Å². The van der Waals surface area contributed by atoms with Crippen LogP contribution in [-0.2, 0) is 0 Å². The maximum absolute atomic E-state index is 5.74. The summed E-state index contributed by atoms with van der Waals surface area (Å²) in [6.45, 7) is 0. The highest BCUT2D eigenvalue weighted by Crippen LogP contribution is 2.26. The monoisotopic (exact) mass is 194 g/mol. The van der Waals surface area contributed by atoms with Crippen molar-refractivity contribution in [2.24, 2.45) is 0 Å². The Balaban J connectivity index is 2.47. The van der Waals surface area contributed by atoms with Gasteiger partial charge in [-0.1, -0.05) is 16.8 Å². The number of anilines is 1. The normalized spacial score (nSPS) is 10.2. The SMILES string of the molecule is Nc1cnoc1-c1ccc(Cl)cc1. The minimum absolute atomic E-state index is 0.530. The molecule has 0 fully saturated rings. The summed E-state index contributed by atoms with van der Waals surface area (Å²) in [5.74, 6) is 0.580. The Morgan fingerprint density at radius 3 is 2.46 bits per heavy atom. The second-order valence-corrected chi connectivity index (χ2v) is 3.05. The van der Waals surface area contributed by atoms with Crippen LogP contribution in [0, 0.1) is 0 Å². The first kappa shape index (κ1) is 8.13. The highest BCUT2D eigenvalue weighted by atomic mass is 35.5. The van der Waals surface area contributed by atoms with Gasteiger partial charge >= 0.3 is 0 Å². The molecular formula is C9H7ClN2O. The number of halogens is 1. The molecule has 1 aromatic carbocycles. The number of nitrogens with two attached hydrogens (primary N) is 1. The van der Waals surface area contributed by atoms with Crippen LogP contribution in [0.15, 0.2) is 35.0 Å². The summed E-state index contributed by atoms with van der Waals surface area (Å²) in [5.41, 5.74) is 7.03. The third-order valence-electron chi connectivity index (χ3n) is 1.70. The molecule has 0 aliphatic rings. The minimum atomic E-state index is 0.530. The van der Waals surface area contributed by atoms with Crippen LogP contribution in [0.3, 0.4) is 0 Å². The van der Waals surface area contributed by atoms with E-state index in [4.69, 9.17) is 21.9 Å². The summed E-state index contributed by atoms with van der Waals surface area (Å²) in [6, 6.07) is 7.22. The lowest BCUT2D eigenvalue weighted by Crippen LogP contribution is -1.83. The number of hydrogen-bond acceptors (Lipinski definition) is 3. The zero-order valence-electron chi connectivity index (χ0n) is 6.70. The highest BCUT2D eigenvalue weighted by molar-refractivity contribution is 6.30. The van der Waals surface area contributed by atoms with E-state index in [0.717, 1.165) is 5.56 Å². The maximum atomic E-state index is 5.74. The van der Waals surface area contributed by atoms with Crippen molar-refractivity contribution in [2.45, 2.75) is 0 Å². The molecule has 2 N–H and O–H groups in total. The van der Waals surface area contributed by atoms with E-state index >= 15 is 0 Å². The molecule has 2 rings (SSSR count). The third kappa shape index (κ3) is 1.51. The van der Waals surface area contributed by atoms with Gasteiger partial charge in [0.05, 0.1) is 6.20 Å². The molecule has 13 heavy (non-hydrogen) atoms. The molecule has 0 bridgehead atoms. The van der Waals surface area contributed by atoms with E-state index in [-0.39, 0.29) is 0 Å². The van der Waals surface area contributed by atoms with Gasteiger partial charge in [0.15, 0.2) is 5.76 Å². The largest absolute Gasteiger partial charge is 0.394 e. The summed E-state index contributed by atoms with van der Waals surface area (Å²) in [5, 5.41) is 4.27. The molecule has 3 nitrogen and oxygen atoms in total. The molecule has 2 aromatic rings. The molecule has 0 atom stereocenters. The van der Waals surface area contributed by atoms with Crippen molar-refractivity contribution in [3.8, 4) is 11.3 Å². The summed E-state index contributed by atoms with van der Waals surface area (Å²) < 4.78 is 4.97. The smallest absolute Gasteiger partial charge is 0.189 e. The second-order valence-electron chi connectivity index (χ2n) is 2.62. The molecule has 0 aliphatic carbocycles. The third-order valence-corrected chi connectivity index (χ3v) is 1.96. The molecule has 0 saturated carbocycles. The van der Waals surface area contributed by atoms with Crippen LogP contribution in [0.4, 0.5) is 5.69 Å². The van der Waals surface area contributed by atoms with Crippen molar-refractivity contribution in [3.05, 3.63) is 35.5 Å². The van der Waals surface area contributed by atoms with Crippen molar-refractivity contribution in [2.75, 3.05) is 5.73 Å². The lowest BCUT2D eigenvalue weighted by Gasteiger charge is -1.96. The first-order valence-electron chi connectivity index (χ1n) is 3.73. The van der Waals surface area contributed by atoms with Crippen LogP contribution in [0.5, 0.6) is 0 Å². The first-order chi connectivity index (χ1) is 6.27. The van der Waals surface area contributed by atoms with Gasteiger partial charge in [-0.3, -0.25) is 0 Å². The van der Waals surface area contributed by atoms with Gasteiger partial charge in [0, 0.05) is 10.6 Å². The van der Waals surface area contributed by atoms with E-state index < -0.39 is 0 Å². The van der Waals surface area contributed by atoms with Gasteiger partial charge < -0.3 is 10.3 Å². The van der Waals surface area contributed by atoms with Crippen LogP contribution in [0.1, 0.15) is 0 Å². The van der Waals surface area contributed by atoms with E-state index in [1.54, 1.807) is 12.1 Å². The predicted molar refractivity (Wildman–Crippen MR) is 51.4 cm³/mol. The van der Waals surface area contributed by atoms with Crippen molar-refractivity contribution >= 4 is 17.3 Å². The molecule has 4 heteroatoms. The van der Waals surface area contributed by atoms with E-state index in [1.165, 1.54) is 6.20 Å². The average Bonchev–Trinajstić information content (AvgIpc) is 2.53. The van der Waals surface area contributed by atoms with Gasteiger partial charge in [0.1, 0.15) is 5.69 Å². The quantitative estimate of drug-likeness (QED) is 0.759. The Hall–Kier alpha value is -1.48. The number of nitrogen functional groups attached to an aromatic ring is 1. The van der Waals surface area contributed by atoms with Gasteiger partial charge in [0.25, 0.3) is 0 Å². The van der Waals surface area contributed by atoms with E-state index in [1.807, 2.05) is 12.1 Å². The van der Waals surface area contributed by atoms with Crippen LogP contribution in [0.2, 0.25) is 5.02 Å². The molecular weight excluding hydrogens is 188 g/mol. The van der Waals surface area contributed by atoms with Gasteiger partial charge in [0.2, 0.25) is 0 Å². The topological polar surface area (TPSA) is 52.0 Å². The number of rotatable bonds is 1. The van der Waals surface area contributed by atoms with Crippen molar-refractivity contribution in [3.63, 3.8) is 0 Å². The fourth-order valence-electron chi connectivity index (χ4n) is 1.07. The van der Waals surface area contributed by atoms with E-state index in [2.05, 4.69) is 5.16 Å². The van der Waals surface area contributed by atoms with Gasteiger partial charge in [-0.25, -0.2) is 0 Å². The molecule has 1 aromatic heterocycles. The maximum Gasteiger partial charge on any atom is 0.189 e. The molecule has 66 valence electrons. The molecule has 1 heterocycles. The number of nitrogens with zero attached hydrogens (tertiary/aromatic N) is 1. The summed E-state index contributed by atoms with van der Waals surface area (Å²) >= 11 is 5.74. The Kier molecular flexibility index (Phi) is 1.94. The second kappa shape index (κ2) is 3.11. The summed E-state index contributed by atoms with van der Waals surface area (Å²) in [4.78, 5) is 0. The number of aromatic nitrogens is 1. The number of benzene rings is 1. The fourth-order valence-corrected chi connectivity index (χ4v) is 1.19. The van der Waals surface area contributed by atoms with Gasteiger partial charge in [-0.05, 0) is 24.3 Å². The Labute approximate surface area is 80.1 Å². The first-order valence-corrected chi connectivity index (χ1v) is 4.11. The molecule has 0 aliphatic heterocycles. The zero-order valence-corrected chi connectivity index (χ0v) is 7.45.